The van der Waals surface area contributed by atoms with Gasteiger partial charge >= 0.3 is 0 Å². The summed E-state index contributed by atoms with van der Waals surface area (Å²) in [6.07, 6.45) is 4.05. The van der Waals surface area contributed by atoms with E-state index in [0.29, 0.717) is 6.42 Å². The molecule has 15 heavy (non-hydrogen) atoms. The van der Waals surface area contributed by atoms with Crippen molar-refractivity contribution in [2.75, 3.05) is 0 Å². The molecule has 2 nitrogen and oxygen atoms in total. The zero-order valence-corrected chi connectivity index (χ0v) is 9.67. The zero-order valence-electron chi connectivity index (χ0n) is 8.91. The van der Waals surface area contributed by atoms with Crippen molar-refractivity contribution in [1.29, 1.82) is 0 Å². The molecule has 0 saturated heterocycles. The number of unbranched alkanes of at least 4 members (excludes halogenated alkanes) is 1. The van der Waals surface area contributed by atoms with Crippen LogP contribution < -0.4 is 0 Å². The third-order valence-corrected chi connectivity index (χ3v) is 2.51. The average molecular weight is 226 g/mol. The molecule has 0 atom stereocenters. The van der Waals surface area contributed by atoms with E-state index in [9.17, 15) is 0 Å². The van der Waals surface area contributed by atoms with Crippen molar-refractivity contribution in [3.8, 4) is 0 Å². The van der Waals surface area contributed by atoms with Gasteiger partial charge in [0.25, 0.3) is 0 Å². The molecule has 0 heterocycles. The van der Waals surface area contributed by atoms with Crippen LogP contribution in [0.5, 0.6) is 0 Å². The second-order valence-electron chi connectivity index (χ2n) is 3.57. The van der Waals surface area contributed by atoms with Crippen molar-refractivity contribution >= 4 is 16.8 Å². The van der Waals surface area contributed by atoms with Gasteiger partial charge in [-0.05, 0) is 24.0 Å². The molecule has 1 aromatic carbocycles. The van der Waals surface area contributed by atoms with Crippen LogP contribution in [0.25, 0.3) is 0 Å². The molecular formula is C12H16ClNO. The third kappa shape index (κ3) is 4.34. The summed E-state index contributed by atoms with van der Waals surface area (Å²) in [5.41, 5.74) is 2.41. The summed E-state index contributed by atoms with van der Waals surface area (Å²) >= 11 is 5.62. The van der Waals surface area contributed by atoms with E-state index in [1.165, 1.54) is 18.4 Å². The molecule has 0 unspecified atom stereocenters. The quantitative estimate of drug-likeness (QED) is 0.464. The molecule has 0 amide bonds. The number of halogens is 1. The average Bonchev–Trinajstić information content (AvgIpc) is 2.28. The maximum absolute atomic E-state index is 8.42. The highest BCUT2D eigenvalue weighted by Gasteiger charge is 1.99. The molecule has 0 aliphatic heterocycles. The monoisotopic (exact) mass is 225 g/mol. The van der Waals surface area contributed by atoms with Crippen molar-refractivity contribution in [2.24, 2.45) is 5.16 Å². The van der Waals surface area contributed by atoms with E-state index >= 15 is 0 Å². The SMILES string of the molecule is CCCCc1ccc(C/C(Cl)=N/O)cc1. The van der Waals surface area contributed by atoms with E-state index in [1.54, 1.807) is 0 Å². The molecule has 0 aliphatic carbocycles. The third-order valence-electron chi connectivity index (χ3n) is 2.30. The van der Waals surface area contributed by atoms with Gasteiger partial charge < -0.3 is 5.21 Å². The number of nitrogens with zero attached hydrogens (tertiary/aromatic N) is 1. The van der Waals surface area contributed by atoms with Crippen molar-refractivity contribution < 1.29 is 5.21 Å². The molecule has 1 rings (SSSR count). The van der Waals surface area contributed by atoms with Crippen LogP contribution in [0.3, 0.4) is 0 Å². The lowest BCUT2D eigenvalue weighted by molar-refractivity contribution is 0.319. The fourth-order valence-electron chi connectivity index (χ4n) is 1.41. The number of hydrogen-bond acceptors (Lipinski definition) is 2. The van der Waals surface area contributed by atoms with Gasteiger partial charge in [-0.2, -0.15) is 0 Å². The van der Waals surface area contributed by atoms with Gasteiger partial charge in [-0.1, -0.05) is 54.4 Å². The number of benzene rings is 1. The molecule has 0 radical (unpaired) electrons. The van der Waals surface area contributed by atoms with E-state index in [2.05, 4.69) is 24.2 Å². The first kappa shape index (κ1) is 12.1. The number of hydrogen-bond donors (Lipinski definition) is 1. The molecule has 0 bridgehead atoms. The van der Waals surface area contributed by atoms with E-state index in [-0.39, 0.29) is 5.17 Å². The first-order valence-electron chi connectivity index (χ1n) is 5.20. The van der Waals surface area contributed by atoms with E-state index in [4.69, 9.17) is 16.8 Å². The second-order valence-corrected chi connectivity index (χ2v) is 4.01. The van der Waals surface area contributed by atoms with Crippen LogP contribution in [-0.4, -0.2) is 10.4 Å². The van der Waals surface area contributed by atoms with E-state index < -0.39 is 0 Å². The van der Waals surface area contributed by atoms with Crippen LogP contribution in [0.4, 0.5) is 0 Å². The molecular weight excluding hydrogens is 210 g/mol. The predicted molar refractivity (Wildman–Crippen MR) is 63.8 cm³/mol. The normalized spacial score (nSPS) is 11.7. The van der Waals surface area contributed by atoms with E-state index in [0.717, 1.165) is 12.0 Å². The lowest BCUT2D eigenvalue weighted by Crippen LogP contribution is -1.94. The Morgan fingerprint density at radius 2 is 1.87 bits per heavy atom. The van der Waals surface area contributed by atoms with Crippen molar-refractivity contribution in [1.82, 2.24) is 0 Å². The van der Waals surface area contributed by atoms with Crippen molar-refractivity contribution in [2.45, 2.75) is 32.6 Å². The van der Waals surface area contributed by atoms with Gasteiger partial charge in [0.2, 0.25) is 0 Å². The summed E-state index contributed by atoms with van der Waals surface area (Å²) in [6, 6.07) is 8.26. The predicted octanol–water partition coefficient (Wildman–Crippen LogP) is 3.60. The summed E-state index contributed by atoms with van der Waals surface area (Å²) in [5, 5.41) is 11.6. The van der Waals surface area contributed by atoms with Crippen molar-refractivity contribution in [3.63, 3.8) is 0 Å². The first-order chi connectivity index (χ1) is 7.26. The van der Waals surface area contributed by atoms with Gasteiger partial charge in [-0.3, -0.25) is 0 Å². The Morgan fingerprint density at radius 3 is 2.40 bits per heavy atom. The molecule has 3 heteroatoms. The number of aryl methyl sites for hydroxylation is 1. The molecule has 82 valence electrons. The van der Waals surface area contributed by atoms with Crippen LogP contribution in [-0.2, 0) is 12.8 Å². The van der Waals surface area contributed by atoms with Gasteiger partial charge in [0.1, 0.15) is 5.17 Å². The zero-order chi connectivity index (χ0) is 11.1. The van der Waals surface area contributed by atoms with Crippen LogP contribution in [0, 0.1) is 0 Å². The largest absolute Gasteiger partial charge is 0.410 e. The minimum absolute atomic E-state index is 0.219. The Labute approximate surface area is 95.6 Å². The molecule has 0 fully saturated rings. The van der Waals surface area contributed by atoms with Gasteiger partial charge in [-0.25, -0.2) is 0 Å². The number of oxime groups is 1. The van der Waals surface area contributed by atoms with Gasteiger partial charge in [0.05, 0.1) is 0 Å². The Hall–Kier alpha value is -1.02. The highest BCUT2D eigenvalue weighted by Crippen LogP contribution is 2.09. The lowest BCUT2D eigenvalue weighted by Gasteiger charge is -2.02. The standard InChI is InChI=1S/C12H16ClNO/c1-2-3-4-10-5-7-11(8-6-10)9-12(13)14-15/h5-8,15H,2-4,9H2,1H3/b14-12-. The van der Waals surface area contributed by atoms with Gasteiger partial charge in [0.15, 0.2) is 0 Å². The van der Waals surface area contributed by atoms with Crippen LogP contribution in [0.15, 0.2) is 29.4 Å². The highest BCUT2D eigenvalue weighted by molar-refractivity contribution is 6.65. The smallest absolute Gasteiger partial charge is 0.149 e. The molecule has 0 aliphatic rings. The first-order valence-corrected chi connectivity index (χ1v) is 5.58. The topological polar surface area (TPSA) is 32.6 Å². The maximum atomic E-state index is 8.42. The van der Waals surface area contributed by atoms with Gasteiger partial charge in [-0.15, -0.1) is 0 Å². The molecule has 1 aromatic rings. The summed E-state index contributed by atoms with van der Waals surface area (Å²) in [6.45, 7) is 2.19. The molecule has 1 N–H and O–H groups in total. The summed E-state index contributed by atoms with van der Waals surface area (Å²) in [5.74, 6) is 0. The Bertz CT molecular complexity index is 319. The van der Waals surface area contributed by atoms with E-state index in [1.807, 2.05) is 12.1 Å². The number of rotatable bonds is 5. The molecule has 0 saturated carbocycles. The van der Waals surface area contributed by atoms with Crippen LogP contribution in [0.2, 0.25) is 0 Å². The molecule has 0 spiro atoms. The summed E-state index contributed by atoms with van der Waals surface area (Å²) in [4.78, 5) is 0. The summed E-state index contributed by atoms with van der Waals surface area (Å²) in [7, 11) is 0. The Balaban J connectivity index is 2.56. The minimum Gasteiger partial charge on any atom is -0.410 e. The lowest BCUT2D eigenvalue weighted by atomic mass is 10.1. The van der Waals surface area contributed by atoms with Crippen molar-refractivity contribution in [3.05, 3.63) is 35.4 Å². The van der Waals surface area contributed by atoms with Gasteiger partial charge in [0, 0.05) is 6.42 Å². The Morgan fingerprint density at radius 1 is 1.27 bits per heavy atom. The van der Waals surface area contributed by atoms with Crippen LogP contribution >= 0.6 is 11.6 Å². The fourth-order valence-corrected chi connectivity index (χ4v) is 1.56. The summed E-state index contributed by atoms with van der Waals surface area (Å²) < 4.78 is 0. The maximum Gasteiger partial charge on any atom is 0.149 e. The minimum atomic E-state index is 0.219. The molecule has 0 aromatic heterocycles. The fraction of sp³-hybridized carbons (Fsp3) is 0.417. The second kappa shape index (κ2) is 6.46. The Kier molecular flexibility index (Phi) is 5.19. The van der Waals surface area contributed by atoms with Crippen LogP contribution in [0.1, 0.15) is 30.9 Å². The highest BCUT2D eigenvalue weighted by atomic mass is 35.5.